The molecular weight excluding hydrogens is 344 g/mol. The van der Waals surface area contributed by atoms with Crippen molar-refractivity contribution < 1.29 is 4.79 Å². The topological polar surface area (TPSA) is 41.1 Å². The van der Waals surface area contributed by atoms with E-state index >= 15 is 0 Å². The first-order chi connectivity index (χ1) is 13.3. The van der Waals surface area contributed by atoms with E-state index in [0.717, 1.165) is 25.0 Å². The molecule has 1 heterocycles. The Labute approximate surface area is 171 Å². The number of amides is 1. The Morgan fingerprint density at radius 2 is 2.00 bits per heavy atom. The zero-order valence-corrected chi connectivity index (χ0v) is 18.4. The summed E-state index contributed by atoms with van der Waals surface area (Å²) in [5, 5.41) is 6.20. The summed E-state index contributed by atoms with van der Waals surface area (Å²) in [6.45, 7) is 12.7. The standard InChI is InChI=1S/C25H38N2O/c1-19(13-14-22-21(3)11-7-16-25(22,4)5)9-6-10-20(2)15-18-27-24(28)23-12-8-17-26-23/h6,9-10,13-15,23,26H,7-8,11-12,16-18H2,1-5H3,(H,27,28)/b10-6+,14-13+,19-9+,20-15+. The molecule has 1 aliphatic carbocycles. The second-order valence-corrected chi connectivity index (χ2v) is 8.88. The highest BCUT2D eigenvalue weighted by Crippen LogP contribution is 2.40. The van der Waals surface area contributed by atoms with Crippen LogP contribution < -0.4 is 10.6 Å². The van der Waals surface area contributed by atoms with E-state index in [1.165, 1.54) is 36.0 Å². The molecule has 1 atom stereocenters. The van der Waals surface area contributed by atoms with Crippen molar-refractivity contribution in [3.8, 4) is 0 Å². The van der Waals surface area contributed by atoms with E-state index in [0.29, 0.717) is 6.54 Å². The second kappa shape index (κ2) is 10.6. The van der Waals surface area contributed by atoms with Crippen molar-refractivity contribution in [2.24, 2.45) is 5.41 Å². The van der Waals surface area contributed by atoms with Crippen LogP contribution in [0.15, 0.2) is 58.7 Å². The molecule has 1 fully saturated rings. The first-order valence-corrected chi connectivity index (χ1v) is 10.7. The van der Waals surface area contributed by atoms with Crippen molar-refractivity contribution >= 4 is 5.91 Å². The number of carbonyl (C=O) groups excluding carboxylic acids is 1. The van der Waals surface area contributed by atoms with Gasteiger partial charge >= 0.3 is 0 Å². The summed E-state index contributed by atoms with van der Waals surface area (Å²) < 4.78 is 0. The molecular formula is C25H38N2O. The highest BCUT2D eigenvalue weighted by Gasteiger charge is 2.26. The predicted octanol–water partition coefficient (Wildman–Crippen LogP) is 5.39. The molecule has 1 amide bonds. The van der Waals surface area contributed by atoms with Gasteiger partial charge in [0.15, 0.2) is 0 Å². The Balaban J connectivity index is 1.83. The molecule has 0 bridgehead atoms. The van der Waals surface area contributed by atoms with Crippen molar-refractivity contribution in [3.05, 3.63) is 58.7 Å². The lowest BCUT2D eigenvalue weighted by molar-refractivity contribution is -0.122. The van der Waals surface area contributed by atoms with Crippen LogP contribution in [-0.4, -0.2) is 25.0 Å². The summed E-state index contributed by atoms with van der Waals surface area (Å²) in [4.78, 5) is 12.0. The molecule has 2 rings (SSSR count). The second-order valence-electron chi connectivity index (χ2n) is 8.88. The molecule has 1 saturated heterocycles. The zero-order chi connectivity index (χ0) is 20.6. The summed E-state index contributed by atoms with van der Waals surface area (Å²) in [7, 11) is 0. The maximum absolute atomic E-state index is 12.0. The van der Waals surface area contributed by atoms with Crippen LogP contribution in [0, 0.1) is 5.41 Å². The molecule has 3 heteroatoms. The van der Waals surface area contributed by atoms with Gasteiger partial charge in [0.1, 0.15) is 0 Å². The fourth-order valence-corrected chi connectivity index (χ4v) is 4.04. The van der Waals surface area contributed by atoms with Crippen LogP contribution in [0.2, 0.25) is 0 Å². The Morgan fingerprint density at radius 3 is 2.68 bits per heavy atom. The summed E-state index contributed by atoms with van der Waals surface area (Å²) in [5.74, 6) is 0.113. The summed E-state index contributed by atoms with van der Waals surface area (Å²) in [6, 6.07) is -0.00508. The molecule has 1 aliphatic heterocycles. The van der Waals surface area contributed by atoms with Gasteiger partial charge in [-0.15, -0.1) is 0 Å². The predicted molar refractivity (Wildman–Crippen MR) is 120 cm³/mol. The summed E-state index contributed by atoms with van der Waals surface area (Å²) in [6.07, 6.45) is 18.7. The van der Waals surface area contributed by atoms with Crippen LogP contribution in [0.5, 0.6) is 0 Å². The lowest BCUT2D eigenvalue weighted by Crippen LogP contribution is -2.40. The molecule has 0 aromatic heterocycles. The Hall–Kier alpha value is -1.87. The van der Waals surface area contributed by atoms with Crippen molar-refractivity contribution in [1.82, 2.24) is 10.6 Å². The van der Waals surface area contributed by atoms with Gasteiger partial charge in [-0.25, -0.2) is 0 Å². The molecule has 0 aromatic rings. The van der Waals surface area contributed by atoms with Crippen LogP contribution in [0.1, 0.15) is 66.7 Å². The molecule has 0 aromatic carbocycles. The van der Waals surface area contributed by atoms with Gasteiger partial charge in [0, 0.05) is 6.54 Å². The fourth-order valence-electron chi connectivity index (χ4n) is 4.04. The maximum Gasteiger partial charge on any atom is 0.237 e. The Morgan fingerprint density at radius 1 is 1.21 bits per heavy atom. The van der Waals surface area contributed by atoms with Gasteiger partial charge in [-0.1, -0.05) is 67.0 Å². The van der Waals surface area contributed by atoms with Gasteiger partial charge in [0.25, 0.3) is 0 Å². The van der Waals surface area contributed by atoms with E-state index in [4.69, 9.17) is 0 Å². The van der Waals surface area contributed by atoms with Crippen molar-refractivity contribution in [2.45, 2.75) is 72.8 Å². The van der Waals surface area contributed by atoms with E-state index in [-0.39, 0.29) is 17.4 Å². The quantitative estimate of drug-likeness (QED) is 0.580. The van der Waals surface area contributed by atoms with Crippen LogP contribution in [0.4, 0.5) is 0 Å². The molecule has 154 valence electrons. The Kier molecular flexibility index (Phi) is 8.50. The molecule has 28 heavy (non-hydrogen) atoms. The third-order valence-electron chi connectivity index (χ3n) is 5.85. The third-order valence-corrected chi connectivity index (χ3v) is 5.85. The van der Waals surface area contributed by atoms with Crippen molar-refractivity contribution in [3.63, 3.8) is 0 Å². The molecule has 2 N–H and O–H groups in total. The molecule has 0 saturated carbocycles. The molecule has 3 nitrogen and oxygen atoms in total. The smallest absolute Gasteiger partial charge is 0.237 e. The van der Waals surface area contributed by atoms with E-state index in [2.05, 4.69) is 81.7 Å². The van der Waals surface area contributed by atoms with Crippen LogP contribution in [0.3, 0.4) is 0 Å². The minimum atomic E-state index is -0.00508. The number of hydrogen-bond acceptors (Lipinski definition) is 2. The average molecular weight is 383 g/mol. The van der Waals surface area contributed by atoms with Gasteiger partial charge < -0.3 is 10.6 Å². The Bertz CT molecular complexity index is 698. The van der Waals surface area contributed by atoms with Gasteiger partial charge in [0.05, 0.1) is 6.04 Å². The van der Waals surface area contributed by atoms with Crippen molar-refractivity contribution in [1.29, 1.82) is 0 Å². The van der Waals surface area contributed by atoms with Crippen LogP contribution in [-0.2, 0) is 4.79 Å². The lowest BCUT2D eigenvalue weighted by Gasteiger charge is -2.32. The lowest BCUT2D eigenvalue weighted by atomic mass is 9.72. The zero-order valence-electron chi connectivity index (χ0n) is 18.4. The number of hydrogen-bond donors (Lipinski definition) is 2. The van der Waals surface area contributed by atoms with Gasteiger partial charge in [-0.2, -0.15) is 0 Å². The van der Waals surface area contributed by atoms with E-state index < -0.39 is 0 Å². The molecule has 2 aliphatic rings. The number of nitrogens with one attached hydrogen (secondary N) is 2. The fraction of sp³-hybridized carbons (Fsp3) is 0.560. The summed E-state index contributed by atoms with van der Waals surface area (Å²) in [5.41, 5.74) is 5.71. The van der Waals surface area contributed by atoms with Gasteiger partial charge in [-0.3, -0.25) is 4.79 Å². The molecule has 0 spiro atoms. The third kappa shape index (κ3) is 6.94. The monoisotopic (exact) mass is 382 g/mol. The van der Waals surface area contributed by atoms with Crippen molar-refractivity contribution in [2.75, 3.05) is 13.1 Å². The number of carbonyl (C=O) groups is 1. The minimum absolute atomic E-state index is 0.00508. The van der Waals surface area contributed by atoms with Gasteiger partial charge in [0.2, 0.25) is 5.91 Å². The minimum Gasteiger partial charge on any atom is -0.351 e. The average Bonchev–Trinajstić information content (AvgIpc) is 3.15. The normalized spacial score (nSPS) is 23.8. The SMILES string of the molecule is CC1=C(/C=C/C(C)=C/C=C/C(C)=C/CNC(=O)C2CCCN2)C(C)(C)CCC1. The first-order valence-electron chi connectivity index (χ1n) is 10.7. The number of rotatable bonds is 7. The van der Waals surface area contributed by atoms with Crippen LogP contribution in [0.25, 0.3) is 0 Å². The molecule has 0 radical (unpaired) electrons. The maximum atomic E-state index is 12.0. The largest absolute Gasteiger partial charge is 0.351 e. The van der Waals surface area contributed by atoms with E-state index in [1.807, 2.05) is 0 Å². The van der Waals surface area contributed by atoms with E-state index in [1.54, 1.807) is 0 Å². The van der Waals surface area contributed by atoms with E-state index in [9.17, 15) is 4.79 Å². The number of allylic oxidation sites excluding steroid dienone is 9. The van der Waals surface area contributed by atoms with Gasteiger partial charge in [-0.05, 0) is 70.4 Å². The van der Waals surface area contributed by atoms with Crippen LogP contribution >= 0.6 is 0 Å². The highest BCUT2D eigenvalue weighted by molar-refractivity contribution is 5.82. The molecule has 1 unspecified atom stereocenters. The highest BCUT2D eigenvalue weighted by atomic mass is 16.2. The summed E-state index contributed by atoms with van der Waals surface area (Å²) >= 11 is 0. The first kappa shape index (κ1) is 22.4.